The Balaban J connectivity index is 2.54. The molecule has 0 aromatic carbocycles. The first-order valence-corrected chi connectivity index (χ1v) is 4.75. The molecule has 0 aliphatic heterocycles. The third-order valence-corrected chi connectivity index (χ3v) is 2.10. The minimum Gasteiger partial charge on any atom is -0.467 e. The molecule has 2 aromatic heterocycles. The van der Waals surface area contributed by atoms with Crippen LogP contribution < -0.4 is 9.47 Å². The van der Waals surface area contributed by atoms with Gasteiger partial charge in [-0.25, -0.2) is 0 Å². The van der Waals surface area contributed by atoms with Crippen LogP contribution in [0.3, 0.4) is 0 Å². The van der Waals surface area contributed by atoms with Crippen LogP contribution in [0.15, 0.2) is 12.3 Å². The number of methoxy groups -OCH3 is 2. The number of rotatable bonds is 4. The second kappa shape index (κ2) is 4.60. The van der Waals surface area contributed by atoms with E-state index in [0.29, 0.717) is 23.4 Å². The van der Waals surface area contributed by atoms with E-state index in [1.165, 1.54) is 14.2 Å². The summed E-state index contributed by atoms with van der Waals surface area (Å²) in [6.07, 6.45) is 2.32. The molecule has 0 aliphatic rings. The van der Waals surface area contributed by atoms with Crippen LogP contribution in [0, 0.1) is 0 Å². The smallest absolute Gasteiger partial charge is 0.322 e. The maximum atomic E-state index is 10.8. The van der Waals surface area contributed by atoms with Gasteiger partial charge in [0.15, 0.2) is 12.1 Å². The maximum absolute atomic E-state index is 10.8. The van der Waals surface area contributed by atoms with Gasteiger partial charge in [0.1, 0.15) is 0 Å². The van der Waals surface area contributed by atoms with Gasteiger partial charge in [-0.3, -0.25) is 4.79 Å². The molecule has 2 rings (SSSR count). The molecule has 88 valence electrons. The van der Waals surface area contributed by atoms with E-state index in [9.17, 15) is 4.79 Å². The number of nitrogens with one attached hydrogen (secondary N) is 1. The molecule has 0 amide bonds. The molecule has 0 spiro atoms. The van der Waals surface area contributed by atoms with Crippen LogP contribution in [0.2, 0.25) is 0 Å². The molecular formula is C10H10N4O3. The predicted molar refractivity (Wildman–Crippen MR) is 58.1 cm³/mol. The molecule has 2 heterocycles. The van der Waals surface area contributed by atoms with Crippen LogP contribution >= 0.6 is 0 Å². The monoisotopic (exact) mass is 234 g/mol. The molecule has 0 unspecified atom stereocenters. The van der Waals surface area contributed by atoms with E-state index in [2.05, 4.69) is 19.9 Å². The molecule has 0 bridgehead atoms. The van der Waals surface area contributed by atoms with E-state index in [0.717, 1.165) is 0 Å². The van der Waals surface area contributed by atoms with Gasteiger partial charge in [0.2, 0.25) is 0 Å². The standard InChI is InChI=1S/C10H10N4O3/c1-16-9-12-8(13-10(14-9)17-2)6-3-4-11-7(6)5-15/h3-5,11H,1-2H3. The quantitative estimate of drug-likeness (QED) is 0.783. The SMILES string of the molecule is COc1nc(OC)nc(-c2cc[nH]c2C=O)n1. The summed E-state index contributed by atoms with van der Waals surface area (Å²) in [5.74, 6) is 0.317. The van der Waals surface area contributed by atoms with Gasteiger partial charge in [-0.2, -0.15) is 9.97 Å². The Kier molecular flexibility index (Phi) is 2.99. The topological polar surface area (TPSA) is 90.0 Å². The Morgan fingerprint density at radius 2 is 1.82 bits per heavy atom. The van der Waals surface area contributed by atoms with Gasteiger partial charge in [0.25, 0.3) is 0 Å². The summed E-state index contributed by atoms with van der Waals surface area (Å²) >= 11 is 0. The minimum absolute atomic E-state index is 0.130. The van der Waals surface area contributed by atoms with Gasteiger partial charge >= 0.3 is 12.0 Å². The second-order valence-corrected chi connectivity index (χ2v) is 3.06. The lowest BCUT2D eigenvalue weighted by Gasteiger charge is -2.04. The number of H-pyrrole nitrogens is 1. The van der Waals surface area contributed by atoms with E-state index >= 15 is 0 Å². The van der Waals surface area contributed by atoms with E-state index in [1.807, 2.05) is 0 Å². The minimum atomic E-state index is 0.130. The molecule has 0 saturated heterocycles. The molecular weight excluding hydrogens is 224 g/mol. The largest absolute Gasteiger partial charge is 0.467 e. The van der Waals surface area contributed by atoms with Crippen LogP contribution in [0.4, 0.5) is 0 Å². The Bertz CT molecular complexity index is 516. The van der Waals surface area contributed by atoms with Crippen molar-refractivity contribution >= 4 is 6.29 Å². The van der Waals surface area contributed by atoms with Crippen molar-refractivity contribution in [3.63, 3.8) is 0 Å². The zero-order valence-electron chi connectivity index (χ0n) is 9.30. The van der Waals surface area contributed by atoms with Crippen LogP contribution in [0.5, 0.6) is 12.0 Å². The Morgan fingerprint density at radius 3 is 2.35 bits per heavy atom. The van der Waals surface area contributed by atoms with Gasteiger partial charge in [-0.05, 0) is 6.07 Å². The lowest BCUT2D eigenvalue weighted by atomic mass is 10.2. The molecule has 1 N–H and O–H groups in total. The fraction of sp³-hybridized carbons (Fsp3) is 0.200. The average Bonchev–Trinajstić information content (AvgIpc) is 2.86. The normalized spacial score (nSPS) is 10.0. The summed E-state index contributed by atoms with van der Waals surface area (Å²) in [6, 6.07) is 1.95. The summed E-state index contributed by atoms with van der Waals surface area (Å²) in [5.41, 5.74) is 0.958. The Labute approximate surface area is 96.8 Å². The first kappa shape index (κ1) is 11.1. The maximum Gasteiger partial charge on any atom is 0.322 e. The van der Waals surface area contributed by atoms with E-state index in [1.54, 1.807) is 12.3 Å². The molecule has 17 heavy (non-hydrogen) atoms. The van der Waals surface area contributed by atoms with Crippen molar-refractivity contribution < 1.29 is 14.3 Å². The first-order chi connectivity index (χ1) is 8.28. The van der Waals surface area contributed by atoms with Crippen molar-refractivity contribution in [2.24, 2.45) is 0 Å². The molecule has 7 heteroatoms. The van der Waals surface area contributed by atoms with E-state index < -0.39 is 0 Å². The number of hydrogen-bond donors (Lipinski definition) is 1. The summed E-state index contributed by atoms with van der Waals surface area (Å²) in [7, 11) is 2.88. The number of carbonyl (C=O) groups is 1. The summed E-state index contributed by atoms with van der Waals surface area (Å²) in [4.78, 5) is 25.6. The highest BCUT2D eigenvalue weighted by Crippen LogP contribution is 2.21. The number of aldehydes is 1. The van der Waals surface area contributed by atoms with Gasteiger partial charge in [0, 0.05) is 11.8 Å². The summed E-state index contributed by atoms with van der Waals surface area (Å²) in [6.45, 7) is 0. The van der Waals surface area contributed by atoms with Crippen LogP contribution in [0.1, 0.15) is 10.5 Å². The molecule has 7 nitrogen and oxygen atoms in total. The number of hydrogen-bond acceptors (Lipinski definition) is 6. The number of ether oxygens (including phenoxy) is 2. The fourth-order valence-electron chi connectivity index (χ4n) is 1.32. The summed E-state index contributed by atoms with van der Waals surface area (Å²) in [5, 5.41) is 0. The van der Waals surface area contributed by atoms with E-state index in [4.69, 9.17) is 9.47 Å². The highest BCUT2D eigenvalue weighted by atomic mass is 16.5. The number of aromatic nitrogens is 4. The van der Waals surface area contributed by atoms with Crippen molar-refractivity contribution in [1.29, 1.82) is 0 Å². The Hall–Kier alpha value is -2.44. The van der Waals surface area contributed by atoms with Gasteiger partial charge in [-0.15, -0.1) is 4.98 Å². The fourth-order valence-corrected chi connectivity index (χ4v) is 1.32. The molecule has 2 aromatic rings. The van der Waals surface area contributed by atoms with Gasteiger partial charge in [-0.1, -0.05) is 0 Å². The van der Waals surface area contributed by atoms with Crippen LogP contribution in [0.25, 0.3) is 11.4 Å². The van der Waals surface area contributed by atoms with Crippen molar-refractivity contribution in [3.05, 3.63) is 18.0 Å². The first-order valence-electron chi connectivity index (χ1n) is 4.75. The van der Waals surface area contributed by atoms with Gasteiger partial charge in [0.05, 0.1) is 19.9 Å². The highest BCUT2D eigenvalue weighted by Gasteiger charge is 2.13. The molecule has 0 atom stereocenters. The number of nitrogens with zero attached hydrogens (tertiary/aromatic N) is 3. The third-order valence-electron chi connectivity index (χ3n) is 2.10. The van der Waals surface area contributed by atoms with Crippen molar-refractivity contribution in [2.45, 2.75) is 0 Å². The van der Waals surface area contributed by atoms with Crippen LogP contribution in [-0.2, 0) is 0 Å². The average molecular weight is 234 g/mol. The second-order valence-electron chi connectivity index (χ2n) is 3.06. The molecule has 0 radical (unpaired) electrons. The summed E-state index contributed by atoms with van der Waals surface area (Å²) < 4.78 is 9.86. The lowest BCUT2D eigenvalue weighted by Crippen LogP contribution is -2.01. The number of aromatic amines is 1. The van der Waals surface area contributed by atoms with E-state index in [-0.39, 0.29) is 12.0 Å². The molecule has 0 saturated carbocycles. The highest BCUT2D eigenvalue weighted by molar-refractivity contribution is 5.83. The van der Waals surface area contributed by atoms with Crippen molar-refractivity contribution in [2.75, 3.05) is 14.2 Å². The Morgan fingerprint density at radius 1 is 1.18 bits per heavy atom. The predicted octanol–water partition coefficient (Wildman–Crippen LogP) is 0.696. The molecule has 0 aliphatic carbocycles. The number of carbonyl (C=O) groups excluding carboxylic acids is 1. The van der Waals surface area contributed by atoms with Crippen molar-refractivity contribution in [3.8, 4) is 23.4 Å². The lowest BCUT2D eigenvalue weighted by molar-refractivity contribution is 0.112. The van der Waals surface area contributed by atoms with Gasteiger partial charge < -0.3 is 14.5 Å². The van der Waals surface area contributed by atoms with Crippen LogP contribution in [-0.4, -0.2) is 40.4 Å². The van der Waals surface area contributed by atoms with Crippen molar-refractivity contribution in [1.82, 2.24) is 19.9 Å². The zero-order chi connectivity index (χ0) is 12.3. The third kappa shape index (κ3) is 2.07. The molecule has 0 fully saturated rings. The zero-order valence-corrected chi connectivity index (χ0v) is 9.30.